The Kier molecular flexibility index (Phi) is 7.63. The van der Waals surface area contributed by atoms with Crippen molar-refractivity contribution in [2.24, 2.45) is 0 Å². The van der Waals surface area contributed by atoms with Gasteiger partial charge in [0.15, 0.2) is 0 Å². The number of halogens is 1. The molecule has 0 saturated carbocycles. The fourth-order valence-electron chi connectivity index (χ4n) is 3.86. The SMILES string of the molecule is Cc1cccc(OCCCCn2c(CCNC(=O)c3ccccc3Cl)nc3ccccc32)c1. The number of rotatable bonds is 10. The van der Waals surface area contributed by atoms with Crippen molar-refractivity contribution in [3.8, 4) is 5.75 Å². The van der Waals surface area contributed by atoms with Crippen molar-refractivity contribution >= 4 is 28.5 Å². The van der Waals surface area contributed by atoms with E-state index in [-0.39, 0.29) is 5.91 Å². The topological polar surface area (TPSA) is 56.1 Å². The number of hydrogen-bond acceptors (Lipinski definition) is 3. The summed E-state index contributed by atoms with van der Waals surface area (Å²) in [5.74, 6) is 1.71. The fraction of sp³-hybridized carbons (Fsp3) is 0.259. The summed E-state index contributed by atoms with van der Waals surface area (Å²) in [6.45, 7) is 4.09. The van der Waals surface area contributed by atoms with Crippen LogP contribution in [0.25, 0.3) is 11.0 Å². The number of amides is 1. The van der Waals surface area contributed by atoms with Gasteiger partial charge in [0.25, 0.3) is 5.91 Å². The lowest BCUT2D eigenvalue weighted by Gasteiger charge is -2.11. The van der Waals surface area contributed by atoms with Gasteiger partial charge in [0.1, 0.15) is 11.6 Å². The lowest BCUT2D eigenvalue weighted by molar-refractivity contribution is 0.0954. The van der Waals surface area contributed by atoms with Crippen LogP contribution in [0.2, 0.25) is 5.02 Å². The predicted molar refractivity (Wildman–Crippen MR) is 133 cm³/mol. The Morgan fingerprint density at radius 3 is 2.70 bits per heavy atom. The Bertz CT molecular complexity index is 1240. The zero-order valence-corrected chi connectivity index (χ0v) is 19.5. The number of benzene rings is 3. The predicted octanol–water partition coefficient (Wildman–Crippen LogP) is 5.83. The second-order valence-electron chi connectivity index (χ2n) is 8.03. The number of carbonyl (C=O) groups is 1. The molecule has 3 aromatic carbocycles. The second-order valence-corrected chi connectivity index (χ2v) is 8.43. The summed E-state index contributed by atoms with van der Waals surface area (Å²) >= 11 is 6.14. The fourth-order valence-corrected chi connectivity index (χ4v) is 4.08. The number of ether oxygens (including phenoxy) is 1. The summed E-state index contributed by atoms with van der Waals surface area (Å²) in [5.41, 5.74) is 3.77. The molecule has 0 aliphatic carbocycles. The first-order valence-electron chi connectivity index (χ1n) is 11.3. The third-order valence-corrected chi connectivity index (χ3v) is 5.85. The molecule has 5 nitrogen and oxygen atoms in total. The molecule has 6 heteroatoms. The minimum atomic E-state index is -0.170. The van der Waals surface area contributed by atoms with Crippen LogP contribution in [0.1, 0.15) is 34.6 Å². The summed E-state index contributed by atoms with van der Waals surface area (Å²) in [6, 6.07) is 23.3. The van der Waals surface area contributed by atoms with Gasteiger partial charge in [0.05, 0.1) is 28.2 Å². The van der Waals surface area contributed by atoms with Crippen LogP contribution in [0.5, 0.6) is 5.75 Å². The number of fused-ring (bicyclic) bond motifs is 1. The van der Waals surface area contributed by atoms with E-state index in [9.17, 15) is 4.79 Å². The first-order chi connectivity index (χ1) is 16.1. The molecule has 0 atom stereocenters. The van der Waals surface area contributed by atoms with Crippen molar-refractivity contribution in [3.05, 3.63) is 94.8 Å². The molecule has 4 aromatic rings. The molecule has 1 heterocycles. The third kappa shape index (κ3) is 5.93. The Morgan fingerprint density at radius 2 is 1.85 bits per heavy atom. The largest absolute Gasteiger partial charge is 0.494 e. The van der Waals surface area contributed by atoms with Crippen LogP contribution in [0.15, 0.2) is 72.8 Å². The van der Waals surface area contributed by atoms with Crippen molar-refractivity contribution < 1.29 is 9.53 Å². The number of nitrogens with one attached hydrogen (secondary N) is 1. The summed E-state index contributed by atoms with van der Waals surface area (Å²) < 4.78 is 8.14. The van der Waals surface area contributed by atoms with E-state index >= 15 is 0 Å². The van der Waals surface area contributed by atoms with Gasteiger partial charge < -0.3 is 14.6 Å². The lowest BCUT2D eigenvalue weighted by atomic mass is 10.2. The summed E-state index contributed by atoms with van der Waals surface area (Å²) in [7, 11) is 0. The van der Waals surface area contributed by atoms with Gasteiger partial charge in [0, 0.05) is 19.5 Å². The van der Waals surface area contributed by atoms with Crippen LogP contribution in [0.4, 0.5) is 0 Å². The number of unbranched alkanes of at least 4 members (excludes halogenated alkanes) is 1. The minimum Gasteiger partial charge on any atom is -0.494 e. The molecule has 0 spiro atoms. The molecule has 0 aliphatic rings. The maximum atomic E-state index is 12.5. The van der Waals surface area contributed by atoms with E-state index in [0.717, 1.165) is 42.0 Å². The van der Waals surface area contributed by atoms with Gasteiger partial charge >= 0.3 is 0 Å². The quantitative estimate of drug-likeness (QED) is 0.302. The monoisotopic (exact) mass is 461 g/mol. The minimum absolute atomic E-state index is 0.170. The highest BCUT2D eigenvalue weighted by Crippen LogP contribution is 2.19. The number of carbonyl (C=O) groups excluding carboxylic acids is 1. The van der Waals surface area contributed by atoms with E-state index in [4.69, 9.17) is 21.3 Å². The van der Waals surface area contributed by atoms with E-state index in [2.05, 4.69) is 35.0 Å². The molecular weight excluding hydrogens is 434 g/mol. The maximum absolute atomic E-state index is 12.5. The van der Waals surface area contributed by atoms with E-state index < -0.39 is 0 Å². The number of nitrogens with zero attached hydrogens (tertiary/aromatic N) is 2. The van der Waals surface area contributed by atoms with Gasteiger partial charge in [-0.3, -0.25) is 4.79 Å². The van der Waals surface area contributed by atoms with E-state index in [1.807, 2.05) is 42.5 Å². The van der Waals surface area contributed by atoms with Crippen LogP contribution < -0.4 is 10.1 Å². The van der Waals surface area contributed by atoms with Gasteiger partial charge in [-0.2, -0.15) is 0 Å². The van der Waals surface area contributed by atoms with E-state index in [1.54, 1.807) is 12.1 Å². The van der Waals surface area contributed by atoms with Crippen LogP contribution in [-0.4, -0.2) is 28.6 Å². The Balaban J connectivity index is 1.34. The summed E-state index contributed by atoms with van der Waals surface area (Å²) in [5, 5.41) is 3.42. The standard InChI is InChI=1S/C27H28ClN3O2/c1-20-9-8-10-21(19-20)33-18-7-6-17-31-25-14-5-4-13-24(25)30-26(31)15-16-29-27(32)22-11-2-3-12-23(22)28/h2-5,8-14,19H,6-7,15-18H2,1H3,(H,29,32). The molecule has 0 unspecified atom stereocenters. The van der Waals surface area contributed by atoms with Crippen molar-refractivity contribution in [1.82, 2.24) is 14.9 Å². The number of aromatic nitrogens is 2. The van der Waals surface area contributed by atoms with Gasteiger partial charge in [-0.15, -0.1) is 0 Å². The van der Waals surface area contributed by atoms with Crippen molar-refractivity contribution in [2.45, 2.75) is 32.7 Å². The highest BCUT2D eigenvalue weighted by molar-refractivity contribution is 6.33. The van der Waals surface area contributed by atoms with Crippen LogP contribution >= 0.6 is 11.6 Å². The van der Waals surface area contributed by atoms with Crippen LogP contribution in [0, 0.1) is 6.92 Å². The normalized spacial score (nSPS) is 11.0. The highest BCUT2D eigenvalue weighted by atomic mass is 35.5. The molecule has 1 amide bonds. The first-order valence-corrected chi connectivity index (χ1v) is 11.7. The van der Waals surface area contributed by atoms with Crippen LogP contribution in [0.3, 0.4) is 0 Å². The zero-order valence-electron chi connectivity index (χ0n) is 18.8. The van der Waals surface area contributed by atoms with Crippen molar-refractivity contribution in [1.29, 1.82) is 0 Å². The average Bonchev–Trinajstić information content (AvgIpc) is 3.16. The van der Waals surface area contributed by atoms with Crippen molar-refractivity contribution in [3.63, 3.8) is 0 Å². The van der Waals surface area contributed by atoms with Gasteiger partial charge in [0.2, 0.25) is 0 Å². The third-order valence-electron chi connectivity index (χ3n) is 5.52. The number of imidazole rings is 1. The van der Waals surface area contributed by atoms with Gasteiger partial charge in [-0.05, 0) is 61.7 Å². The molecule has 1 N–H and O–H groups in total. The Morgan fingerprint density at radius 1 is 1.03 bits per heavy atom. The van der Waals surface area contributed by atoms with Gasteiger partial charge in [-0.25, -0.2) is 4.98 Å². The van der Waals surface area contributed by atoms with E-state index in [1.165, 1.54) is 5.56 Å². The van der Waals surface area contributed by atoms with Crippen LogP contribution in [-0.2, 0) is 13.0 Å². The maximum Gasteiger partial charge on any atom is 0.252 e. The molecule has 33 heavy (non-hydrogen) atoms. The smallest absolute Gasteiger partial charge is 0.252 e. The number of para-hydroxylation sites is 2. The molecular formula is C27H28ClN3O2. The first kappa shape index (κ1) is 22.9. The molecule has 0 radical (unpaired) electrons. The van der Waals surface area contributed by atoms with Gasteiger partial charge in [-0.1, -0.05) is 48.0 Å². The number of hydrogen-bond donors (Lipinski definition) is 1. The molecule has 0 bridgehead atoms. The average molecular weight is 462 g/mol. The summed E-state index contributed by atoms with van der Waals surface area (Å²) in [4.78, 5) is 17.3. The number of aryl methyl sites for hydroxylation is 2. The van der Waals surface area contributed by atoms with E-state index in [0.29, 0.717) is 30.2 Å². The highest BCUT2D eigenvalue weighted by Gasteiger charge is 2.12. The van der Waals surface area contributed by atoms with Crippen molar-refractivity contribution in [2.75, 3.05) is 13.2 Å². The molecule has 4 rings (SSSR count). The molecule has 0 fully saturated rings. The lowest BCUT2D eigenvalue weighted by Crippen LogP contribution is -2.26. The molecule has 0 saturated heterocycles. The molecule has 1 aromatic heterocycles. The molecule has 170 valence electrons. The summed E-state index contributed by atoms with van der Waals surface area (Å²) in [6.07, 6.45) is 2.57. The second kappa shape index (κ2) is 11.0. The Hall–Kier alpha value is -3.31. The Labute approximate surface area is 199 Å². The zero-order chi connectivity index (χ0) is 23.0. The molecule has 0 aliphatic heterocycles.